The molecule has 0 fully saturated rings. The second-order valence-electron chi connectivity index (χ2n) is 5.26. The molecule has 3 heterocycles. The fourth-order valence-corrected chi connectivity index (χ4v) is 3.09. The van der Waals surface area contributed by atoms with Crippen LogP contribution < -0.4 is 10.6 Å². The van der Waals surface area contributed by atoms with E-state index >= 15 is 0 Å². The van der Waals surface area contributed by atoms with Crippen molar-refractivity contribution in [2.75, 3.05) is 7.05 Å². The maximum absolute atomic E-state index is 4.34. The number of hydrogen-bond donors (Lipinski definition) is 2. The van der Waals surface area contributed by atoms with E-state index in [2.05, 4.69) is 44.8 Å². The summed E-state index contributed by atoms with van der Waals surface area (Å²) in [5.74, 6) is 1.58. The van der Waals surface area contributed by atoms with Crippen molar-refractivity contribution < 1.29 is 0 Å². The van der Waals surface area contributed by atoms with Crippen LogP contribution in [0, 0.1) is 6.92 Å². The van der Waals surface area contributed by atoms with E-state index in [1.165, 1.54) is 9.75 Å². The number of pyridine rings is 1. The van der Waals surface area contributed by atoms with Gasteiger partial charge in [0, 0.05) is 41.9 Å². The average molecular weight is 468 g/mol. The van der Waals surface area contributed by atoms with Crippen LogP contribution in [0.3, 0.4) is 0 Å². The van der Waals surface area contributed by atoms with Gasteiger partial charge in [-0.3, -0.25) is 4.99 Å². The number of rotatable bonds is 5. The van der Waals surface area contributed by atoms with Crippen molar-refractivity contribution in [3.05, 3.63) is 64.2 Å². The highest BCUT2D eigenvalue weighted by atomic mass is 127. The van der Waals surface area contributed by atoms with Crippen LogP contribution in [0.4, 0.5) is 0 Å². The third-order valence-corrected chi connectivity index (χ3v) is 4.46. The Balaban J connectivity index is 0.00000225. The number of aromatic nitrogens is 3. The zero-order chi connectivity index (χ0) is 16.8. The van der Waals surface area contributed by atoms with E-state index in [1.807, 2.05) is 24.4 Å². The fraction of sp³-hybridized carbons (Fsp3) is 0.235. The van der Waals surface area contributed by atoms with Crippen molar-refractivity contribution in [1.82, 2.24) is 25.4 Å². The van der Waals surface area contributed by atoms with Crippen molar-refractivity contribution in [1.29, 1.82) is 0 Å². The minimum absolute atomic E-state index is 0. The van der Waals surface area contributed by atoms with Crippen molar-refractivity contribution in [2.45, 2.75) is 20.0 Å². The highest BCUT2D eigenvalue weighted by Crippen LogP contribution is 2.14. The van der Waals surface area contributed by atoms with Gasteiger partial charge in [-0.05, 0) is 42.8 Å². The number of thiophene rings is 1. The van der Waals surface area contributed by atoms with Gasteiger partial charge in [0.25, 0.3) is 0 Å². The van der Waals surface area contributed by atoms with Crippen LogP contribution in [0.15, 0.2) is 53.9 Å². The smallest absolute Gasteiger partial charge is 0.191 e. The Labute approximate surface area is 168 Å². The second kappa shape index (κ2) is 9.52. The predicted octanol–water partition coefficient (Wildman–Crippen LogP) is 3.12. The van der Waals surface area contributed by atoms with Crippen molar-refractivity contribution in [3.8, 4) is 5.82 Å². The third-order valence-electron chi connectivity index (χ3n) is 3.46. The third kappa shape index (κ3) is 5.53. The van der Waals surface area contributed by atoms with E-state index in [-0.39, 0.29) is 24.0 Å². The quantitative estimate of drug-likeness (QED) is 0.343. The minimum Gasteiger partial charge on any atom is -0.352 e. The van der Waals surface area contributed by atoms with Gasteiger partial charge in [-0.25, -0.2) is 9.67 Å². The Morgan fingerprint density at radius 1 is 1.20 bits per heavy atom. The molecule has 0 saturated carbocycles. The van der Waals surface area contributed by atoms with Gasteiger partial charge in [0.15, 0.2) is 11.8 Å². The average Bonchev–Trinajstić information content (AvgIpc) is 3.27. The lowest BCUT2D eigenvalue weighted by Crippen LogP contribution is -2.36. The summed E-state index contributed by atoms with van der Waals surface area (Å²) in [6.45, 7) is 3.55. The number of aliphatic imine (C=N–C) groups is 1. The van der Waals surface area contributed by atoms with Gasteiger partial charge in [0.1, 0.15) is 0 Å². The molecule has 0 unspecified atom stereocenters. The van der Waals surface area contributed by atoms with E-state index in [4.69, 9.17) is 0 Å². The van der Waals surface area contributed by atoms with Gasteiger partial charge in [-0.2, -0.15) is 5.10 Å². The SMILES string of the molecule is CN=C(NCc1ccnc(-n2cccn2)c1)NCc1ccc(C)s1.I. The maximum Gasteiger partial charge on any atom is 0.191 e. The number of aryl methyl sites for hydroxylation is 1. The maximum atomic E-state index is 4.34. The molecule has 3 aromatic rings. The van der Waals surface area contributed by atoms with E-state index in [1.54, 1.807) is 35.5 Å². The summed E-state index contributed by atoms with van der Waals surface area (Å²) in [5.41, 5.74) is 1.12. The molecule has 0 aliphatic rings. The molecule has 0 atom stereocenters. The summed E-state index contributed by atoms with van der Waals surface area (Å²) < 4.78 is 1.75. The molecule has 0 aromatic carbocycles. The molecule has 8 heteroatoms. The molecule has 0 amide bonds. The first-order chi connectivity index (χ1) is 11.7. The summed E-state index contributed by atoms with van der Waals surface area (Å²) in [4.78, 5) is 11.2. The molecule has 0 spiro atoms. The number of nitrogens with zero attached hydrogens (tertiary/aromatic N) is 4. The van der Waals surface area contributed by atoms with E-state index < -0.39 is 0 Å². The highest BCUT2D eigenvalue weighted by Gasteiger charge is 2.03. The van der Waals surface area contributed by atoms with Crippen molar-refractivity contribution in [2.24, 2.45) is 4.99 Å². The van der Waals surface area contributed by atoms with Gasteiger partial charge in [-0.15, -0.1) is 35.3 Å². The van der Waals surface area contributed by atoms with Crippen LogP contribution in [-0.2, 0) is 13.1 Å². The summed E-state index contributed by atoms with van der Waals surface area (Å²) >= 11 is 1.79. The molecule has 6 nitrogen and oxygen atoms in total. The molecule has 0 aliphatic carbocycles. The Morgan fingerprint density at radius 2 is 2.04 bits per heavy atom. The van der Waals surface area contributed by atoms with E-state index in [0.717, 1.165) is 23.9 Å². The predicted molar refractivity (Wildman–Crippen MR) is 113 cm³/mol. The molecular formula is C17H21IN6S. The van der Waals surface area contributed by atoms with Crippen LogP contribution in [-0.4, -0.2) is 27.8 Å². The first-order valence-electron chi connectivity index (χ1n) is 7.69. The highest BCUT2D eigenvalue weighted by molar-refractivity contribution is 14.0. The van der Waals surface area contributed by atoms with Crippen molar-refractivity contribution >= 4 is 41.3 Å². The number of nitrogens with one attached hydrogen (secondary N) is 2. The van der Waals surface area contributed by atoms with Crippen molar-refractivity contribution in [3.63, 3.8) is 0 Å². The Bertz CT molecular complexity index is 812. The molecule has 0 aliphatic heterocycles. The van der Waals surface area contributed by atoms with Gasteiger partial charge in [-0.1, -0.05) is 0 Å². The molecular weight excluding hydrogens is 447 g/mol. The van der Waals surface area contributed by atoms with Crippen LogP contribution in [0.1, 0.15) is 15.3 Å². The monoisotopic (exact) mass is 468 g/mol. The van der Waals surface area contributed by atoms with Gasteiger partial charge >= 0.3 is 0 Å². The van der Waals surface area contributed by atoms with Crippen LogP contribution >= 0.6 is 35.3 Å². The Morgan fingerprint density at radius 3 is 2.72 bits per heavy atom. The molecule has 2 N–H and O–H groups in total. The Hall–Kier alpha value is -1.94. The summed E-state index contributed by atoms with van der Waals surface area (Å²) in [7, 11) is 1.77. The standard InChI is InChI=1S/C17H20N6S.HI/c1-13-4-5-15(24-13)12-21-17(18-2)20-11-14-6-8-19-16(10-14)23-9-3-7-22-23;/h3-10H,11-12H2,1-2H3,(H2,18,20,21);1H. The number of hydrogen-bond acceptors (Lipinski definition) is 4. The van der Waals surface area contributed by atoms with Gasteiger partial charge < -0.3 is 10.6 Å². The zero-order valence-electron chi connectivity index (χ0n) is 14.1. The number of guanidine groups is 1. The largest absolute Gasteiger partial charge is 0.352 e. The van der Waals surface area contributed by atoms with Gasteiger partial charge in [0.05, 0.1) is 6.54 Å². The zero-order valence-corrected chi connectivity index (χ0v) is 17.3. The summed E-state index contributed by atoms with van der Waals surface area (Å²) in [6.07, 6.45) is 5.41. The van der Waals surface area contributed by atoms with Crippen LogP contribution in [0.5, 0.6) is 0 Å². The van der Waals surface area contributed by atoms with Gasteiger partial charge in [0.2, 0.25) is 0 Å². The van der Waals surface area contributed by atoms with E-state index in [9.17, 15) is 0 Å². The Kier molecular flexibility index (Phi) is 7.38. The molecule has 3 aromatic heterocycles. The molecule has 0 saturated heterocycles. The second-order valence-corrected chi connectivity index (χ2v) is 6.64. The van der Waals surface area contributed by atoms with E-state index in [0.29, 0.717) is 6.54 Å². The lowest BCUT2D eigenvalue weighted by Gasteiger charge is -2.11. The molecule has 132 valence electrons. The summed E-state index contributed by atoms with van der Waals surface area (Å²) in [6, 6.07) is 10.1. The molecule has 25 heavy (non-hydrogen) atoms. The fourth-order valence-electron chi connectivity index (χ4n) is 2.26. The normalized spacial score (nSPS) is 11.0. The lowest BCUT2D eigenvalue weighted by molar-refractivity contribution is 0.805. The first-order valence-corrected chi connectivity index (χ1v) is 8.51. The van der Waals surface area contributed by atoms with Crippen LogP contribution in [0.2, 0.25) is 0 Å². The first kappa shape index (κ1) is 19.4. The molecule has 0 radical (unpaired) electrons. The molecule has 3 rings (SSSR count). The minimum atomic E-state index is 0. The van der Waals surface area contributed by atoms with Crippen LogP contribution in [0.25, 0.3) is 5.82 Å². The molecule has 0 bridgehead atoms. The number of halogens is 1. The topological polar surface area (TPSA) is 67.1 Å². The lowest BCUT2D eigenvalue weighted by atomic mass is 10.2. The summed E-state index contributed by atoms with van der Waals surface area (Å²) in [5, 5.41) is 10.9.